The van der Waals surface area contributed by atoms with E-state index in [2.05, 4.69) is 21.2 Å². The first-order valence-electron chi connectivity index (χ1n) is 4.88. The third-order valence-corrected chi connectivity index (χ3v) is 2.94. The Hall–Kier alpha value is -0.980. The number of halogens is 1. The Bertz CT molecular complexity index is 451. The van der Waals surface area contributed by atoms with Gasteiger partial charge in [-0.15, -0.1) is 0 Å². The Morgan fingerprint density at radius 3 is 2.76 bits per heavy atom. The number of carbonyl (C=O) groups is 1. The van der Waals surface area contributed by atoms with E-state index in [9.17, 15) is 4.79 Å². The minimum absolute atomic E-state index is 0.234. The maximum absolute atomic E-state index is 11.7. The molecule has 0 saturated heterocycles. The zero-order valence-electron chi connectivity index (χ0n) is 9.49. The van der Waals surface area contributed by atoms with Gasteiger partial charge in [0, 0.05) is 17.1 Å². The highest BCUT2D eigenvalue weighted by Crippen LogP contribution is 2.21. The van der Waals surface area contributed by atoms with E-state index in [4.69, 9.17) is 22.7 Å². The highest BCUT2D eigenvalue weighted by molar-refractivity contribution is 9.10. The van der Waals surface area contributed by atoms with Gasteiger partial charge in [0.25, 0.3) is 5.91 Å². The molecule has 3 N–H and O–H groups in total. The number of rotatable bonds is 4. The predicted molar refractivity (Wildman–Crippen MR) is 75.1 cm³/mol. The van der Waals surface area contributed by atoms with E-state index in [1.807, 2.05) is 6.07 Å². The van der Waals surface area contributed by atoms with Crippen LogP contribution in [0.2, 0.25) is 0 Å². The van der Waals surface area contributed by atoms with Gasteiger partial charge >= 0.3 is 0 Å². The Morgan fingerprint density at radius 2 is 2.24 bits per heavy atom. The zero-order valence-corrected chi connectivity index (χ0v) is 11.9. The zero-order chi connectivity index (χ0) is 13.0. The van der Waals surface area contributed by atoms with Gasteiger partial charge in [0.1, 0.15) is 11.1 Å². The highest BCUT2D eigenvalue weighted by atomic mass is 79.9. The molecule has 0 heterocycles. The molecule has 0 radical (unpaired) electrons. The molecule has 6 heteroatoms. The fourth-order valence-corrected chi connectivity index (χ4v) is 1.72. The number of anilines is 1. The topological polar surface area (TPSA) is 64.3 Å². The lowest BCUT2D eigenvalue weighted by Gasteiger charge is -2.13. The lowest BCUT2D eigenvalue weighted by Crippen LogP contribution is -2.27. The number of carbonyl (C=O) groups excluding carboxylic acids is 1. The molecule has 1 unspecified atom stereocenters. The third kappa shape index (κ3) is 3.76. The molecular weight excluding hydrogens is 304 g/mol. The fraction of sp³-hybridized carbons (Fsp3) is 0.273. The second-order valence-corrected chi connectivity index (χ2v) is 4.78. The molecule has 0 aliphatic carbocycles. The molecule has 0 spiro atoms. The summed E-state index contributed by atoms with van der Waals surface area (Å²) in [6.07, 6.45) is -0.534. The molecule has 1 aromatic rings. The van der Waals surface area contributed by atoms with Crippen LogP contribution in [0.5, 0.6) is 0 Å². The average Bonchev–Trinajstić information content (AvgIpc) is 2.27. The van der Waals surface area contributed by atoms with Crippen LogP contribution in [0.15, 0.2) is 22.7 Å². The second-order valence-electron chi connectivity index (χ2n) is 3.42. The molecule has 0 fully saturated rings. The predicted octanol–water partition coefficient (Wildman–Crippen LogP) is 2.06. The number of methoxy groups -OCH3 is 1. The summed E-state index contributed by atoms with van der Waals surface area (Å²) in [7, 11) is 1.47. The number of hydrogen-bond donors (Lipinski definition) is 2. The number of thiocarbonyl (C=S) groups is 1. The number of nitrogens with one attached hydrogen (secondary N) is 1. The van der Waals surface area contributed by atoms with E-state index in [-0.39, 0.29) is 10.9 Å². The summed E-state index contributed by atoms with van der Waals surface area (Å²) in [4.78, 5) is 11.9. The van der Waals surface area contributed by atoms with Crippen molar-refractivity contribution < 1.29 is 9.53 Å². The number of ether oxygens (including phenoxy) is 1. The van der Waals surface area contributed by atoms with Crippen LogP contribution in [-0.2, 0) is 9.53 Å². The first-order chi connectivity index (χ1) is 7.95. The largest absolute Gasteiger partial charge is 0.389 e. The molecule has 0 aromatic heterocycles. The van der Waals surface area contributed by atoms with Crippen LogP contribution in [0.3, 0.4) is 0 Å². The Balaban J connectivity index is 3.00. The summed E-state index contributed by atoms with van der Waals surface area (Å²) < 4.78 is 5.76. The van der Waals surface area contributed by atoms with Crippen LogP contribution in [-0.4, -0.2) is 24.1 Å². The maximum atomic E-state index is 11.7. The van der Waals surface area contributed by atoms with Crippen molar-refractivity contribution in [2.24, 2.45) is 5.73 Å². The Labute approximate surface area is 114 Å². The monoisotopic (exact) mass is 316 g/mol. The molecule has 1 aromatic carbocycles. The van der Waals surface area contributed by atoms with Crippen LogP contribution in [0, 0.1) is 0 Å². The first kappa shape index (κ1) is 14.1. The Morgan fingerprint density at radius 1 is 1.59 bits per heavy atom. The van der Waals surface area contributed by atoms with E-state index < -0.39 is 6.10 Å². The molecule has 92 valence electrons. The summed E-state index contributed by atoms with van der Waals surface area (Å²) >= 11 is 8.24. The molecule has 1 atom stereocenters. The molecule has 1 amide bonds. The molecule has 0 aliphatic heterocycles. The van der Waals surface area contributed by atoms with E-state index in [1.165, 1.54) is 7.11 Å². The maximum Gasteiger partial charge on any atom is 0.253 e. The SMILES string of the molecule is COC(C)C(=O)Nc1cc(Br)ccc1C(N)=S. The van der Waals surface area contributed by atoms with Crippen LogP contribution in [0.1, 0.15) is 12.5 Å². The minimum atomic E-state index is -0.534. The van der Waals surface area contributed by atoms with Crippen molar-refractivity contribution in [2.75, 3.05) is 12.4 Å². The lowest BCUT2D eigenvalue weighted by molar-refractivity contribution is -0.124. The Kier molecular flexibility index (Phi) is 5.04. The van der Waals surface area contributed by atoms with Crippen LogP contribution < -0.4 is 11.1 Å². The van der Waals surface area contributed by atoms with Crippen LogP contribution >= 0.6 is 28.1 Å². The van der Waals surface area contributed by atoms with Gasteiger partial charge in [0.2, 0.25) is 0 Å². The van der Waals surface area contributed by atoms with E-state index in [0.29, 0.717) is 11.3 Å². The third-order valence-electron chi connectivity index (χ3n) is 2.23. The molecule has 0 aliphatic rings. The summed E-state index contributed by atoms with van der Waals surface area (Å²) in [5.74, 6) is -0.247. The normalized spacial score (nSPS) is 11.9. The van der Waals surface area contributed by atoms with Crippen molar-refractivity contribution >= 4 is 44.7 Å². The van der Waals surface area contributed by atoms with Gasteiger partial charge in [-0.3, -0.25) is 4.79 Å². The first-order valence-corrected chi connectivity index (χ1v) is 6.09. The van der Waals surface area contributed by atoms with Gasteiger partial charge < -0.3 is 15.8 Å². The van der Waals surface area contributed by atoms with E-state index in [1.54, 1.807) is 19.1 Å². The summed E-state index contributed by atoms with van der Waals surface area (Å²) in [5.41, 5.74) is 6.78. The van der Waals surface area contributed by atoms with Crippen LogP contribution in [0.25, 0.3) is 0 Å². The number of amides is 1. The smallest absolute Gasteiger partial charge is 0.253 e. The van der Waals surface area contributed by atoms with Gasteiger partial charge in [-0.05, 0) is 25.1 Å². The van der Waals surface area contributed by atoms with Gasteiger partial charge in [-0.1, -0.05) is 28.1 Å². The van der Waals surface area contributed by atoms with Gasteiger partial charge in [0.15, 0.2) is 0 Å². The summed E-state index contributed by atoms with van der Waals surface area (Å²) in [6.45, 7) is 1.66. The number of nitrogens with two attached hydrogens (primary N) is 1. The molecular formula is C11H13BrN2O2S. The van der Waals surface area contributed by atoms with Gasteiger partial charge in [-0.25, -0.2) is 0 Å². The van der Waals surface area contributed by atoms with E-state index in [0.717, 1.165) is 4.47 Å². The highest BCUT2D eigenvalue weighted by Gasteiger charge is 2.14. The minimum Gasteiger partial charge on any atom is -0.389 e. The molecule has 4 nitrogen and oxygen atoms in total. The molecule has 0 saturated carbocycles. The van der Waals surface area contributed by atoms with Crippen LogP contribution in [0.4, 0.5) is 5.69 Å². The van der Waals surface area contributed by atoms with Crippen molar-refractivity contribution in [3.05, 3.63) is 28.2 Å². The summed E-state index contributed by atoms with van der Waals surface area (Å²) in [6, 6.07) is 5.30. The quantitative estimate of drug-likeness (QED) is 0.835. The fourth-order valence-electron chi connectivity index (χ4n) is 1.18. The summed E-state index contributed by atoms with van der Waals surface area (Å²) in [5, 5.41) is 2.72. The van der Waals surface area contributed by atoms with Gasteiger partial charge in [-0.2, -0.15) is 0 Å². The molecule has 0 bridgehead atoms. The van der Waals surface area contributed by atoms with Crippen molar-refractivity contribution in [3.63, 3.8) is 0 Å². The second kappa shape index (κ2) is 6.09. The lowest BCUT2D eigenvalue weighted by atomic mass is 10.1. The van der Waals surface area contributed by atoms with Crippen molar-refractivity contribution in [1.29, 1.82) is 0 Å². The van der Waals surface area contributed by atoms with Crippen molar-refractivity contribution in [3.8, 4) is 0 Å². The number of hydrogen-bond acceptors (Lipinski definition) is 3. The average molecular weight is 317 g/mol. The van der Waals surface area contributed by atoms with Gasteiger partial charge in [0.05, 0.1) is 5.69 Å². The standard InChI is InChI=1S/C11H13BrN2O2S/c1-6(16-2)11(15)14-9-5-7(12)3-4-8(9)10(13)17/h3-6H,1-2H3,(H2,13,17)(H,14,15). The van der Waals surface area contributed by atoms with Crippen molar-refractivity contribution in [1.82, 2.24) is 0 Å². The number of benzene rings is 1. The van der Waals surface area contributed by atoms with E-state index >= 15 is 0 Å². The van der Waals surface area contributed by atoms with Crippen molar-refractivity contribution in [2.45, 2.75) is 13.0 Å². The molecule has 1 rings (SSSR count). The molecule has 17 heavy (non-hydrogen) atoms.